The molecular weight excluding hydrogens is 224 g/mol. The third kappa shape index (κ3) is 2.35. The van der Waals surface area contributed by atoms with E-state index in [0.717, 1.165) is 5.69 Å². The van der Waals surface area contributed by atoms with Gasteiger partial charge < -0.3 is 0 Å². The maximum Gasteiger partial charge on any atom is 0.198 e. The standard InChI is InChI=1S/C11H9ClN4/c1-2-3-4-11-13-15-16(14-11)10-7-5-9(12)6-8-10/h2-8H,1H2/b4-3+. The number of nitrogens with zero attached hydrogens (tertiary/aromatic N) is 4. The van der Waals surface area contributed by atoms with Crippen LogP contribution < -0.4 is 0 Å². The molecule has 0 aliphatic carbocycles. The second kappa shape index (κ2) is 4.72. The Kier molecular flexibility index (Phi) is 3.12. The molecule has 0 saturated heterocycles. The van der Waals surface area contributed by atoms with E-state index in [-0.39, 0.29) is 0 Å². The average Bonchev–Trinajstić information content (AvgIpc) is 2.76. The van der Waals surface area contributed by atoms with E-state index >= 15 is 0 Å². The summed E-state index contributed by atoms with van der Waals surface area (Å²) in [4.78, 5) is 1.44. The summed E-state index contributed by atoms with van der Waals surface area (Å²) >= 11 is 5.78. The molecule has 5 heteroatoms. The molecule has 0 fully saturated rings. The zero-order valence-corrected chi connectivity index (χ0v) is 9.17. The molecule has 0 radical (unpaired) electrons. The first kappa shape index (κ1) is 10.6. The molecule has 0 saturated carbocycles. The number of allylic oxidation sites excluding steroid dienone is 2. The van der Waals surface area contributed by atoms with Crippen molar-refractivity contribution in [3.63, 3.8) is 0 Å². The minimum Gasteiger partial charge on any atom is -0.131 e. The smallest absolute Gasteiger partial charge is 0.131 e. The number of hydrogen-bond donors (Lipinski definition) is 0. The Morgan fingerprint density at radius 3 is 2.69 bits per heavy atom. The highest BCUT2D eigenvalue weighted by Crippen LogP contribution is 2.11. The molecule has 0 bridgehead atoms. The fourth-order valence-electron chi connectivity index (χ4n) is 1.13. The fraction of sp³-hybridized carbons (Fsp3) is 0. The van der Waals surface area contributed by atoms with E-state index in [2.05, 4.69) is 22.0 Å². The molecule has 0 spiro atoms. The van der Waals surface area contributed by atoms with Gasteiger partial charge >= 0.3 is 0 Å². The molecule has 4 nitrogen and oxygen atoms in total. The topological polar surface area (TPSA) is 43.6 Å². The lowest BCUT2D eigenvalue weighted by molar-refractivity contribution is 0.719. The van der Waals surface area contributed by atoms with Crippen molar-refractivity contribution in [2.75, 3.05) is 0 Å². The summed E-state index contributed by atoms with van der Waals surface area (Å²) in [7, 11) is 0. The molecule has 0 N–H and O–H groups in total. The molecule has 2 rings (SSSR count). The van der Waals surface area contributed by atoms with Gasteiger partial charge in [-0.1, -0.05) is 30.3 Å². The summed E-state index contributed by atoms with van der Waals surface area (Å²) in [5.41, 5.74) is 0.815. The maximum atomic E-state index is 5.78. The zero-order valence-electron chi connectivity index (χ0n) is 8.42. The van der Waals surface area contributed by atoms with Crippen molar-refractivity contribution in [1.29, 1.82) is 0 Å². The van der Waals surface area contributed by atoms with Crippen LogP contribution in [0.1, 0.15) is 5.82 Å². The summed E-state index contributed by atoms with van der Waals surface area (Å²) in [5.74, 6) is 0.537. The van der Waals surface area contributed by atoms with Crippen LogP contribution in [0.5, 0.6) is 0 Å². The summed E-state index contributed by atoms with van der Waals surface area (Å²) in [5, 5.41) is 12.6. The van der Waals surface area contributed by atoms with E-state index in [1.54, 1.807) is 30.4 Å². The van der Waals surface area contributed by atoms with Crippen LogP contribution in [-0.2, 0) is 0 Å². The highest BCUT2D eigenvalue weighted by Gasteiger charge is 2.01. The van der Waals surface area contributed by atoms with Gasteiger partial charge in [0, 0.05) is 5.02 Å². The SMILES string of the molecule is C=C/C=C/c1nnn(-c2ccc(Cl)cc2)n1. The van der Waals surface area contributed by atoms with Gasteiger partial charge in [-0.05, 0) is 35.6 Å². The first-order valence-corrected chi connectivity index (χ1v) is 5.02. The molecule has 0 amide bonds. The average molecular weight is 233 g/mol. The second-order valence-electron chi connectivity index (χ2n) is 3.01. The zero-order chi connectivity index (χ0) is 11.4. The molecule has 16 heavy (non-hydrogen) atoms. The maximum absolute atomic E-state index is 5.78. The first-order valence-electron chi connectivity index (χ1n) is 4.64. The minimum absolute atomic E-state index is 0.537. The Balaban J connectivity index is 2.27. The number of halogens is 1. The van der Waals surface area contributed by atoms with Crippen LogP contribution in [0.25, 0.3) is 11.8 Å². The van der Waals surface area contributed by atoms with E-state index in [4.69, 9.17) is 11.6 Å². The Morgan fingerprint density at radius 1 is 1.25 bits per heavy atom. The van der Waals surface area contributed by atoms with Gasteiger partial charge in [-0.3, -0.25) is 0 Å². The van der Waals surface area contributed by atoms with Crippen LogP contribution in [0, 0.1) is 0 Å². The molecule has 0 aliphatic rings. The van der Waals surface area contributed by atoms with E-state index in [1.165, 1.54) is 4.80 Å². The number of rotatable bonds is 3. The van der Waals surface area contributed by atoms with Gasteiger partial charge in [0.2, 0.25) is 0 Å². The minimum atomic E-state index is 0.537. The second-order valence-corrected chi connectivity index (χ2v) is 3.44. The van der Waals surface area contributed by atoms with E-state index in [1.807, 2.05) is 12.1 Å². The van der Waals surface area contributed by atoms with Gasteiger partial charge in [0.1, 0.15) is 0 Å². The molecular formula is C11H9ClN4. The third-order valence-corrected chi connectivity index (χ3v) is 2.12. The van der Waals surface area contributed by atoms with Crippen molar-refractivity contribution < 1.29 is 0 Å². The summed E-state index contributed by atoms with van der Waals surface area (Å²) in [6, 6.07) is 7.20. The molecule has 2 aromatic rings. The van der Waals surface area contributed by atoms with Crippen LogP contribution in [0.3, 0.4) is 0 Å². The first-order chi connectivity index (χ1) is 7.79. The van der Waals surface area contributed by atoms with Crippen LogP contribution in [0.4, 0.5) is 0 Å². The van der Waals surface area contributed by atoms with Crippen molar-refractivity contribution in [3.05, 3.63) is 53.8 Å². The Bertz CT molecular complexity index is 513. The Labute approximate surface area is 97.9 Å². The lowest BCUT2D eigenvalue weighted by Gasteiger charge is -1.96. The number of aromatic nitrogens is 4. The molecule has 1 heterocycles. The largest absolute Gasteiger partial charge is 0.198 e. The van der Waals surface area contributed by atoms with Crippen molar-refractivity contribution in [2.45, 2.75) is 0 Å². The monoisotopic (exact) mass is 232 g/mol. The molecule has 1 aromatic heterocycles. The molecule has 0 atom stereocenters. The fourth-order valence-corrected chi connectivity index (χ4v) is 1.26. The third-order valence-electron chi connectivity index (χ3n) is 1.87. The van der Waals surface area contributed by atoms with E-state index < -0.39 is 0 Å². The highest BCUT2D eigenvalue weighted by atomic mass is 35.5. The van der Waals surface area contributed by atoms with Gasteiger partial charge in [-0.15, -0.1) is 15.0 Å². The van der Waals surface area contributed by atoms with Gasteiger partial charge in [0.05, 0.1) is 5.69 Å². The quantitative estimate of drug-likeness (QED) is 0.764. The summed E-state index contributed by atoms with van der Waals surface area (Å²) < 4.78 is 0. The van der Waals surface area contributed by atoms with Crippen LogP contribution in [0.2, 0.25) is 5.02 Å². The number of tetrazole rings is 1. The van der Waals surface area contributed by atoms with Crippen LogP contribution in [0.15, 0.2) is 43.0 Å². The lowest BCUT2D eigenvalue weighted by atomic mass is 10.3. The normalized spacial score (nSPS) is 10.8. The van der Waals surface area contributed by atoms with Gasteiger partial charge in [-0.2, -0.15) is 0 Å². The van der Waals surface area contributed by atoms with Gasteiger partial charge in [0.15, 0.2) is 5.82 Å². The molecule has 80 valence electrons. The summed E-state index contributed by atoms with van der Waals surface area (Å²) in [6.45, 7) is 3.57. The molecule has 0 aliphatic heterocycles. The van der Waals surface area contributed by atoms with Gasteiger partial charge in [-0.25, -0.2) is 0 Å². The highest BCUT2D eigenvalue weighted by molar-refractivity contribution is 6.30. The van der Waals surface area contributed by atoms with Crippen molar-refractivity contribution in [1.82, 2.24) is 20.2 Å². The van der Waals surface area contributed by atoms with E-state index in [9.17, 15) is 0 Å². The van der Waals surface area contributed by atoms with E-state index in [0.29, 0.717) is 10.8 Å². The number of benzene rings is 1. The Morgan fingerprint density at radius 2 is 2.00 bits per heavy atom. The molecule has 1 aromatic carbocycles. The predicted octanol–water partition coefficient (Wildman–Crippen LogP) is 2.51. The van der Waals surface area contributed by atoms with Gasteiger partial charge in [0.25, 0.3) is 0 Å². The van der Waals surface area contributed by atoms with Crippen molar-refractivity contribution in [3.8, 4) is 5.69 Å². The van der Waals surface area contributed by atoms with Crippen LogP contribution >= 0.6 is 11.6 Å². The van der Waals surface area contributed by atoms with Crippen LogP contribution in [-0.4, -0.2) is 20.2 Å². The van der Waals surface area contributed by atoms with Crippen molar-refractivity contribution >= 4 is 17.7 Å². The van der Waals surface area contributed by atoms with Crippen molar-refractivity contribution in [2.24, 2.45) is 0 Å². The predicted molar refractivity (Wildman–Crippen MR) is 63.4 cm³/mol. The number of hydrogen-bond acceptors (Lipinski definition) is 3. The Hall–Kier alpha value is -1.94. The molecule has 0 unspecified atom stereocenters. The summed E-state index contributed by atoms with van der Waals surface area (Å²) in [6.07, 6.45) is 5.14. The lowest BCUT2D eigenvalue weighted by Crippen LogP contribution is -1.98.